The van der Waals surface area contributed by atoms with Gasteiger partial charge in [-0.25, -0.2) is 10.4 Å². The summed E-state index contributed by atoms with van der Waals surface area (Å²) in [6.45, 7) is 0.514. The molecule has 1 heterocycles. The molecule has 2 rings (SSSR count). The van der Waals surface area contributed by atoms with Gasteiger partial charge in [-0.1, -0.05) is 12.1 Å². The molecule has 1 aromatic rings. The number of hydrazine groups is 1. The Balaban J connectivity index is 1.93. The van der Waals surface area contributed by atoms with Crippen molar-refractivity contribution in [1.82, 2.24) is 10.4 Å². The van der Waals surface area contributed by atoms with Crippen molar-refractivity contribution in [2.24, 2.45) is 0 Å². The van der Waals surface area contributed by atoms with Crippen LogP contribution < -0.4 is 5.43 Å². The molecular weight excluding hydrogens is 238 g/mol. The summed E-state index contributed by atoms with van der Waals surface area (Å²) >= 11 is 0. The Bertz CT molecular complexity index is 477. The number of carbonyl (C=O) groups is 1. The van der Waals surface area contributed by atoms with Crippen LogP contribution in [0.2, 0.25) is 0 Å². The zero-order chi connectivity index (χ0) is 13.1. The Kier molecular flexibility index (Phi) is 3.54. The number of carbonyl (C=O) groups excluding carboxylic acids is 1. The number of methoxy groups -OCH3 is 1. The fourth-order valence-corrected chi connectivity index (χ4v) is 1.69. The van der Waals surface area contributed by atoms with Crippen molar-refractivity contribution in [3.8, 4) is 0 Å². The molecule has 1 aliphatic rings. The van der Waals surface area contributed by atoms with Crippen LogP contribution in [-0.4, -0.2) is 29.6 Å². The van der Waals surface area contributed by atoms with Crippen LogP contribution >= 0.6 is 0 Å². The quantitative estimate of drug-likeness (QED) is 0.363. The van der Waals surface area contributed by atoms with Crippen LogP contribution in [0.4, 0.5) is 5.69 Å². The molecule has 0 aliphatic carbocycles. The Morgan fingerprint density at radius 1 is 1.61 bits per heavy atom. The fraction of sp³-hybridized carbons (Fsp3) is 0.364. The molecular formula is C11H13N3O4. The highest BCUT2D eigenvalue weighted by Gasteiger charge is 2.35. The monoisotopic (exact) mass is 251 g/mol. The third kappa shape index (κ3) is 2.82. The standard InChI is InChI=1S/C11H13N3O4/c1-18-10(15)5-6-13-11(12-13)8-3-2-4-9(7-8)14(16)17/h2-4,7,11-12H,5-6H2,1H3. The first-order valence-corrected chi connectivity index (χ1v) is 5.46. The lowest BCUT2D eigenvalue weighted by atomic mass is 10.2. The van der Waals surface area contributed by atoms with Gasteiger partial charge >= 0.3 is 5.97 Å². The first kappa shape index (κ1) is 12.5. The van der Waals surface area contributed by atoms with Crippen molar-refractivity contribution in [3.63, 3.8) is 0 Å². The van der Waals surface area contributed by atoms with E-state index < -0.39 is 4.92 Å². The molecule has 1 fully saturated rings. The van der Waals surface area contributed by atoms with Gasteiger partial charge in [0.2, 0.25) is 0 Å². The van der Waals surface area contributed by atoms with Gasteiger partial charge in [-0.3, -0.25) is 14.9 Å². The van der Waals surface area contributed by atoms with E-state index in [1.807, 2.05) is 11.1 Å². The molecule has 96 valence electrons. The Morgan fingerprint density at radius 2 is 2.39 bits per heavy atom. The number of ether oxygens (including phenoxy) is 1. The number of rotatable bonds is 5. The van der Waals surface area contributed by atoms with Crippen LogP contribution in [0.25, 0.3) is 0 Å². The van der Waals surface area contributed by atoms with Crippen LogP contribution in [-0.2, 0) is 9.53 Å². The molecule has 1 aliphatic heterocycles. The number of nitrogens with one attached hydrogen (secondary N) is 1. The zero-order valence-electron chi connectivity index (χ0n) is 9.83. The third-order valence-electron chi connectivity index (χ3n) is 2.71. The molecule has 7 nitrogen and oxygen atoms in total. The van der Waals surface area contributed by atoms with Gasteiger partial charge < -0.3 is 4.74 Å². The van der Waals surface area contributed by atoms with E-state index in [4.69, 9.17) is 0 Å². The van der Waals surface area contributed by atoms with E-state index in [0.29, 0.717) is 6.54 Å². The molecule has 1 aromatic carbocycles. The summed E-state index contributed by atoms with van der Waals surface area (Å²) in [5.41, 5.74) is 3.91. The zero-order valence-corrected chi connectivity index (χ0v) is 9.83. The number of non-ortho nitro benzene ring substituents is 1. The highest BCUT2D eigenvalue weighted by Crippen LogP contribution is 2.30. The maximum atomic E-state index is 11.0. The molecule has 2 atom stereocenters. The van der Waals surface area contributed by atoms with E-state index in [1.54, 1.807) is 6.07 Å². The smallest absolute Gasteiger partial charge is 0.306 e. The van der Waals surface area contributed by atoms with E-state index in [2.05, 4.69) is 10.2 Å². The molecule has 0 saturated carbocycles. The molecule has 18 heavy (non-hydrogen) atoms. The number of hydrogen-bond acceptors (Lipinski definition) is 6. The number of nitrogens with zero attached hydrogens (tertiary/aromatic N) is 2. The van der Waals surface area contributed by atoms with Crippen molar-refractivity contribution in [1.29, 1.82) is 0 Å². The second-order valence-corrected chi connectivity index (χ2v) is 3.90. The van der Waals surface area contributed by atoms with Crippen LogP contribution in [0.1, 0.15) is 18.2 Å². The van der Waals surface area contributed by atoms with Gasteiger partial charge in [-0.2, -0.15) is 0 Å². The normalized spacial score (nSPS) is 21.4. The Labute approximate surface area is 103 Å². The van der Waals surface area contributed by atoms with Gasteiger partial charge in [0.1, 0.15) is 6.17 Å². The Hall–Kier alpha value is -1.99. The SMILES string of the molecule is COC(=O)CCN1NC1c1cccc([N+](=O)[O-])c1. The molecule has 0 aromatic heterocycles. The molecule has 1 N–H and O–H groups in total. The lowest BCUT2D eigenvalue weighted by Crippen LogP contribution is -2.10. The fourth-order valence-electron chi connectivity index (χ4n) is 1.69. The van der Waals surface area contributed by atoms with Crippen LogP contribution in [0.3, 0.4) is 0 Å². The molecule has 2 unspecified atom stereocenters. The summed E-state index contributed by atoms with van der Waals surface area (Å²) in [6, 6.07) is 6.43. The topological polar surface area (TPSA) is 94.4 Å². The molecule has 0 radical (unpaired) electrons. The minimum Gasteiger partial charge on any atom is -0.469 e. The highest BCUT2D eigenvalue weighted by atomic mass is 16.6. The summed E-state index contributed by atoms with van der Waals surface area (Å²) in [5, 5.41) is 12.5. The molecule has 7 heteroatoms. The summed E-state index contributed by atoms with van der Waals surface area (Å²) in [7, 11) is 1.34. The summed E-state index contributed by atoms with van der Waals surface area (Å²) < 4.78 is 4.54. The van der Waals surface area contributed by atoms with Crippen molar-refractivity contribution in [3.05, 3.63) is 39.9 Å². The van der Waals surface area contributed by atoms with E-state index >= 15 is 0 Å². The lowest BCUT2D eigenvalue weighted by molar-refractivity contribution is -0.384. The minimum absolute atomic E-state index is 0.0606. The number of nitro benzene ring substituents is 1. The average Bonchev–Trinajstić information content (AvgIpc) is 3.15. The van der Waals surface area contributed by atoms with Crippen LogP contribution in [0.15, 0.2) is 24.3 Å². The van der Waals surface area contributed by atoms with Crippen molar-refractivity contribution in [2.75, 3.05) is 13.7 Å². The number of esters is 1. The summed E-state index contributed by atoms with van der Waals surface area (Å²) in [6.07, 6.45) is 0.226. The third-order valence-corrected chi connectivity index (χ3v) is 2.71. The largest absolute Gasteiger partial charge is 0.469 e. The molecule has 0 bridgehead atoms. The van der Waals surface area contributed by atoms with Crippen molar-refractivity contribution >= 4 is 11.7 Å². The van der Waals surface area contributed by atoms with Gasteiger partial charge in [0.25, 0.3) is 5.69 Å². The first-order valence-electron chi connectivity index (χ1n) is 5.46. The summed E-state index contributed by atoms with van der Waals surface area (Å²) in [4.78, 5) is 21.2. The van der Waals surface area contributed by atoms with Crippen molar-refractivity contribution < 1.29 is 14.5 Å². The number of nitro groups is 1. The molecule has 1 saturated heterocycles. The second kappa shape index (κ2) is 5.11. The average molecular weight is 251 g/mol. The Morgan fingerprint density at radius 3 is 3.06 bits per heavy atom. The maximum absolute atomic E-state index is 11.0. The van der Waals surface area contributed by atoms with Crippen LogP contribution in [0, 0.1) is 10.1 Å². The van der Waals surface area contributed by atoms with Gasteiger partial charge in [0.05, 0.1) is 18.5 Å². The molecule has 0 amide bonds. The van der Waals surface area contributed by atoms with Gasteiger partial charge in [-0.15, -0.1) is 0 Å². The van der Waals surface area contributed by atoms with Gasteiger partial charge in [0.15, 0.2) is 0 Å². The first-order chi connectivity index (χ1) is 8.61. The van der Waals surface area contributed by atoms with E-state index in [9.17, 15) is 14.9 Å². The van der Waals surface area contributed by atoms with Gasteiger partial charge in [-0.05, 0) is 5.56 Å². The van der Waals surface area contributed by atoms with E-state index in [1.165, 1.54) is 19.2 Å². The summed E-state index contributed by atoms with van der Waals surface area (Å²) in [5.74, 6) is -0.276. The van der Waals surface area contributed by atoms with Gasteiger partial charge in [0, 0.05) is 18.7 Å². The van der Waals surface area contributed by atoms with Crippen LogP contribution in [0.5, 0.6) is 0 Å². The second-order valence-electron chi connectivity index (χ2n) is 3.90. The predicted octanol–water partition coefficient (Wildman–Crippen LogP) is 0.977. The van der Waals surface area contributed by atoms with E-state index in [0.717, 1.165) is 5.56 Å². The lowest BCUT2D eigenvalue weighted by Gasteiger charge is -2.00. The maximum Gasteiger partial charge on any atom is 0.306 e. The predicted molar refractivity (Wildman–Crippen MR) is 62.3 cm³/mol. The molecule has 0 spiro atoms. The minimum atomic E-state index is -0.426. The highest BCUT2D eigenvalue weighted by molar-refractivity contribution is 5.69. The van der Waals surface area contributed by atoms with Crippen molar-refractivity contribution in [2.45, 2.75) is 12.6 Å². The van der Waals surface area contributed by atoms with E-state index in [-0.39, 0.29) is 24.2 Å². The number of hydrogen-bond donors (Lipinski definition) is 1. The number of benzene rings is 1.